The highest BCUT2D eigenvalue weighted by atomic mass is 28.4. The Morgan fingerprint density at radius 3 is 2.07 bits per heavy atom. The molecule has 2 atom stereocenters. The maximum atomic E-state index is 16.4. The second-order valence-corrected chi connectivity index (χ2v) is 16.8. The highest BCUT2D eigenvalue weighted by molar-refractivity contribution is 6.99. The molecule has 0 bridgehead atoms. The number of carbonyl (C=O) groups excluding carboxylic acids is 1. The Balaban J connectivity index is 1.68. The van der Waals surface area contributed by atoms with Gasteiger partial charge in [-0.15, -0.1) is 0 Å². The van der Waals surface area contributed by atoms with Crippen LogP contribution in [0.3, 0.4) is 0 Å². The Morgan fingerprint density at radius 1 is 0.956 bits per heavy atom. The lowest BCUT2D eigenvalue weighted by Crippen LogP contribution is -2.66. The van der Waals surface area contributed by atoms with Crippen molar-refractivity contribution in [2.24, 2.45) is 0 Å². The smallest absolute Gasteiger partial charge is 0.261 e. The molecule has 2 unspecified atom stereocenters. The van der Waals surface area contributed by atoms with Crippen LogP contribution >= 0.6 is 0 Å². The van der Waals surface area contributed by atoms with E-state index in [-0.39, 0.29) is 41.1 Å². The minimum Gasteiger partial charge on any atom is -0.480 e. The van der Waals surface area contributed by atoms with Crippen molar-refractivity contribution >= 4 is 30.2 Å². The van der Waals surface area contributed by atoms with Crippen molar-refractivity contribution in [2.45, 2.75) is 58.5 Å². The number of halogens is 2. The molecule has 0 saturated carbocycles. The first-order chi connectivity index (χ1) is 21.5. The Morgan fingerprint density at radius 2 is 1.53 bits per heavy atom. The summed E-state index contributed by atoms with van der Waals surface area (Å²) in [6, 6.07) is 21.5. The lowest BCUT2D eigenvalue weighted by Gasteiger charge is -2.43. The van der Waals surface area contributed by atoms with E-state index in [9.17, 15) is 4.79 Å². The predicted octanol–water partition coefficient (Wildman–Crippen LogP) is 5.68. The molecule has 5 rings (SSSR count). The third-order valence-corrected chi connectivity index (χ3v) is 13.1. The first-order valence-electron chi connectivity index (χ1n) is 15.0. The van der Waals surface area contributed by atoms with Crippen LogP contribution in [0.4, 0.5) is 14.5 Å². The summed E-state index contributed by atoms with van der Waals surface area (Å²) >= 11 is 0. The number of methoxy groups -OCH3 is 1. The van der Waals surface area contributed by atoms with Crippen LogP contribution < -0.4 is 20.0 Å². The maximum absolute atomic E-state index is 16.4. The fourth-order valence-electron chi connectivity index (χ4n) is 6.29. The summed E-state index contributed by atoms with van der Waals surface area (Å²) in [7, 11) is -1.68. The summed E-state index contributed by atoms with van der Waals surface area (Å²) in [5.41, 5.74) is -0.176. The fraction of sp³-hybridized carbons (Fsp3) is 0.343. The average molecular weight is 632 g/mol. The zero-order valence-electron chi connectivity index (χ0n) is 26.5. The molecule has 10 heteroatoms. The van der Waals surface area contributed by atoms with Gasteiger partial charge in [0.1, 0.15) is 5.69 Å². The Hall–Kier alpha value is -3.99. The van der Waals surface area contributed by atoms with Crippen LogP contribution in [0.25, 0.3) is 0 Å². The van der Waals surface area contributed by atoms with Crippen molar-refractivity contribution in [2.75, 3.05) is 25.1 Å². The molecule has 0 amide bonds. The van der Waals surface area contributed by atoms with Crippen LogP contribution in [0.15, 0.2) is 79.1 Å². The number of ketones is 1. The van der Waals surface area contributed by atoms with Gasteiger partial charge in [-0.05, 0) is 35.3 Å². The van der Waals surface area contributed by atoms with E-state index in [1.807, 2.05) is 50.2 Å². The summed E-state index contributed by atoms with van der Waals surface area (Å²) in [5, 5.41) is 1.74. The first-order valence-corrected chi connectivity index (χ1v) is 16.9. The topological polar surface area (TPSA) is 73.8 Å². The number of carbonyl (C=O) groups is 1. The average Bonchev–Trinajstić information content (AvgIpc) is 3.02. The molecule has 0 aliphatic carbocycles. The summed E-state index contributed by atoms with van der Waals surface area (Å²) < 4.78 is 50.4. The van der Waals surface area contributed by atoms with Crippen LogP contribution in [-0.4, -0.2) is 56.5 Å². The molecule has 3 aromatic carbocycles. The molecule has 1 fully saturated rings. The number of morpholine rings is 1. The van der Waals surface area contributed by atoms with Crippen LogP contribution in [0.1, 0.15) is 56.2 Å². The number of rotatable bonds is 9. The zero-order valence-corrected chi connectivity index (χ0v) is 27.5. The summed E-state index contributed by atoms with van der Waals surface area (Å²) in [6.07, 6.45) is 2.12. The SMILES string of the molecule is COc1cncc(C(=O)c2cc(CO[Si](c3ccccc3)(c3ccccc3)C(C)(C)C)c(N3CC(C)OC(C)C3)c(F)c2F)n1. The van der Waals surface area contributed by atoms with Gasteiger partial charge in [0.25, 0.3) is 8.32 Å². The van der Waals surface area contributed by atoms with Gasteiger partial charge in [-0.1, -0.05) is 81.4 Å². The number of anilines is 1. The molecule has 7 nitrogen and oxygen atoms in total. The van der Waals surface area contributed by atoms with E-state index in [1.165, 1.54) is 25.6 Å². The standard InChI is InChI=1S/C35H39F2N3O4Si/c1-23-20-40(21-24(2)44-23)33-25(17-28(31(36)32(33)37)34(41)29-18-38-19-30(39-29)42-6)22-43-45(35(3,4)5,26-13-9-7-10-14-26)27-15-11-8-12-16-27/h7-19,23-24H,20-22H2,1-6H3. The van der Waals surface area contributed by atoms with Crippen molar-refractivity contribution in [3.63, 3.8) is 0 Å². The second kappa shape index (κ2) is 13.2. The molecule has 2 heterocycles. The monoisotopic (exact) mass is 631 g/mol. The minimum atomic E-state index is -3.07. The number of hydrogen-bond donors (Lipinski definition) is 0. The molecule has 45 heavy (non-hydrogen) atoms. The maximum Gasteiger partial charge on any atom is 0.261 e. The van der Waals surface area contributed by atoms with Crippen molar-refractivity contribution < 1.29 is 27.5 Å². The third kappa shape index (κ3) is 6.40. The molecule has 0 N–H and O–H groups in total. The molecule has 1 aromatic heterocycles. The van der Waals surface area contributed by atoms with Crippen LogP contribution in [0.5, 0.6) is 5.88 Å². The van der Waals surface area contributed by atoms with E-state index in [1.54, 1.807) is 4.90 Å². The highest BCUT2D eigenvalue weighted by Crippen LogP contribution is 2.39. The second-order valence-electron chi connectivity index (χ2n) is 12.4. The van der Waals surface area contributed by atoms with Crippen molar-refractivity contribution in [3.8, 4) is 5.88 Å². The number of nitrogens with zero attached hydrogens (tertiary/aromatic N) is 3. The van der Waals surface area contributed by atoms with E-state index in [0.717, 1.165) is 10.4 Å². The van der Waals surface area contributed by atoms with Crippen molar-refractivity contribution in [1.29, 1.82) is 0 Å². The van der Waals surface area contributed by atoms with Gasteiger partial charge in [-0.25, -0.2) is 13.8 Å². The minimum absolute atomic E-state index is 0.0655. The fourth-order valence-corrected chi connectivity index (χ4v) is 10.8. The van der Waals surface area contributed by atoms with Gasteiger partial charge in [-0.2, -0.15) is 0 Å². The van der Waals surface area contributed by atoms with Gasteiger partial charge >= 0.3 is 0 Å². The van der Waals surface area contributed by atoms with Crippen LogP contribution in [-0.2, 0) is 15.8 Å². The van der Waals surface area contributed by atoms with Crippen LogP contribution in [0, 0.1) is 11.6 Å². The van der Waals surface area contributed by atoms with Gasteiger partial charge in [-0.3, -0.25) is 9.78 Å². The number of hydrogen-bond acceptors (Lipinski definition) is 7. The molecule has 1 saturated heterocycles. The van der Waals surface area contributed by atoms with E-state index in [4.69, 9.17) is 13.9 Å². The molecular formula is C35H39F2N3O4Si. The lowest BCUT2D eigenvalue weighted by atomic mass is 10.0. The van der Waals surface area contributed by atoms with Crippen molar-refractivity contribution in [3.05, 3.63) is 108 Å². The predicted molar refractivity (Wildman–Crippen MR) is 173 cm³/mol. The largest absolute Gasteiger partial charge is 0.480 e. The Labute approximate surface area is 264 Å². The van der Waals surface area contributed by atoms with Crippen molar-refractivity contribution in [1.82, 2.24) is 9.97 Å². The lowest BCUT2D eigenvalue weighted by molar-refractivity contribution is -0.00553. The Kier molecular flexibility index (Phi) is 9.48. The quantitative estimate of drug-likeness (QED) is 0.174. The van der Waals surface area contributed by atoms with E-state index >= 15 is 8.78 Å². The Bertz CT molecular complexity index is 1600. The van der Waals surface area contributed by atoms with E-state index < -0.39 is 31.3 Å². The third-order valence-electron chi connectivity index (χ3n) is 8.16. The molecular weight excluding hydrogens is 592 g/mol. The van der Waals surface area contributed by atoms with E-state index in [2.05, 4.69) is 55.0 Å². The van der Waals surface area contributed by atoms with Gasteiger partial charge in [0.05, 0.1) is 49.6 Å². The molecule has 236 valence electrons. The molecule has 1 aliphatic rings. The molecule has 1 aliphatic heterocycles. The van der Waals surface area contributed by atoms with Crippen LogP contribution in [0.2, 0.25) is 5.04 Å². The van der Waals surface area contributed by atoms with Gasteiger partial charge in [0.15, 0.2) is 11.6 Å². The molecule has 4 aromatic rings. The number of ether oxygens (including phenoxy) is 2. The van der Waals surface area contributed by atoms with Gasteiger partial charge < -0.3 is 18.8 Å². The highest BCUT2D eigenvalue weighted by Gasteiger charge is 2.50. The summed E-state index contributed by atoms with van der Waals surface area (Å²) in [6.45, 7) is 10.9. The van der Waals surface area contributed by atoms with E-state index in [0.29, 0.717) is 18.7 Å². The normalized spacial score (nSPS) is 17.3. The zero-order chi connectivity index (χ0) is 32.4. The molecule has 0 radical (unpaired) electrons. The number of aromatic nitrogens is 2. The molecule has 0 spiro atoms. The van der Waals surface area contributed by atoms with Gasteiger partial charge in [0.2, 0.25) is 11.7 Å². The summed E-state index contributed by atoms with van der Waals surface area (Å²) in [4.78, 5) is 23.5. The number of benzene rings is 3. The summed E-state index contributed by atoms with van der Waals surface area (Å²) in [5.74, 6) is -3.08. The first kappa shape index (κ1) is 32.4. The van der Waals surface area contributed by atoms with Gasteiger partial charge in [0, 0.05) is 18.7 Å².